The Balaban J connectivity index is 2.21. The number of hydrogen-bond acceptors (Lipinski definition) is 2. The van der Waals surface area contributed by atoms with Crippen LogP contribution in [0.4, 0.5) is 10.1 Å². The predicted molar refractivity (Wildman–Crippen MR) is 79.8 cm³/mol. The van der Waals surface area contributed by atoms with E-state index in [1.165, 1.54) is 24.3 Å². The number of carbonyl (C=O) groups is 1. The van der Waals surface area contributed by atoms with Gasteiger partial charge in [0.15, 0.2) is 0 Å². The van der Waals surface area contributed by atoms with E-state index in [0.717, 1.165) is 0 Å². The summed E-state index contributed by atoms with van der Waals surface area (Å²) in [6.07, 6.45) is 0. The Morgan fingerprint density at radius 1 is 1.29 bits per heavy atom. The fourth-order valence-electron chi connectivity index (χ4n) is 1.67. The topological polar surface area (TPSA) is 49.3 Å². The van der Waals surface area contributed by atoms with Crippen LogP contribution in [-0.2, 0) is 0 Å². The van der Waals surface area contributed by atoms with Crippen molar-refractivity contribution in [2.45, 2.75) is 0 Å². The number of amides is 1. The summed E-state index contributed by atoms with van der Waals surface area (Å²) in [4.78, 5) is 12.0. The Bertz CT molecular complexity index is 735. The highest BCUT2D eigenvalue weighted by Crippen LogP contribution is 2.16. The molecule has 0 heterocycles. The maximum Gasteiger partial charge on any atom is 0.255 e. The van der Waals surface area contributed by atoms with E-state index in [-0.39, 0.29) is 18.1 Å². The number of carbonyl (C=O) groups excluding carboxylic acids is 1. The second kappa shape index (κ2) is 6.89. The maximum absolute atomic E-state index is 13.5. The molecule has 2 rings (SSSR count). The van der Waals surface area contributed by atoms with Crippen molar-refractivity contribution in [3.63, 3.8) is 0 Å². The standard InChI is InChI=1S/C16H11ClFNO2/c17-13-5-1-3-12(9-13)16(21)19-14-6-7-15(18)11(10-14)4-2-8-20/h1,3,5-7,9-10,20H,8H2,(H,19,21). The second-order valence-corrected chi connectivity index (χ2v) is 4.56. The first-order valence-corrected chi connectivity index (χ1v) is 6.44. The zero-order valence-corrected chi connectivity index (χ0v) is 11.6. The van der Waals surface area contributed by atoms with Gasteiger partial charge in [0.25, 0.3) is 5.91 Å². The summed E-state index contributed by atoms with van der Waals surface area (Å²) < 4.78 is 13.5. The average molecular weight is 304 g/mol. The molecule has 5 heteroatoms. The summed E-state index contributed by atoms with van der Waals surface area (Å²) in [5.41, 5.74) is 0.909. The van der Waals surface area contributed by atoms with Gasteiger partial charge in [0.05, 0.1) is 5.56 Å². The van der Waals surface area contributed by atoms with Crippen molar-refractivity contribution in [2.75, 3.05) is 11.9 Å². The Labute approximate surface area is 126 Å². The lowest BCUT2D eigenvalue weighted by atomic mass is 10.1. The molecule has 0 bridgehead atoms. The molecule has 0 saturated heterocycles. The minimum atomic E-state index is -0.517. The molecule has 106 valence electrons. The van der Waals surface area contributed by atoms with E-state index in [2.05, 4.69) is 17.2 Å². The maximum atomic E-state index is 13.5. The van der Waals surface area contributed by atoms with Crippen LogP contribution in [0.3, 0.4) is 0 Å². The molecule has 2 N–H and O–H groups in total. The third-order valence-electron chi connectivity index (χ3n) is 2.61. The van der Waals surface area contributed by atoms with Crippen LogP contribution in [0.2, 0.25) is 5.02 Å². The van der Waals surface area contributed by atoms with E-state index in [1.54, 1.807) is 18.2 Å². The average Bonchev–Trinajstić information content (AvgIpc) is 2.47. The van der Waals surface area contributed by atoms with Gasteiger partial charge in [0.1, 0.15) is 12.4 Å². The number of aliphatic hydroxyl groups is 1. The van der Waals surface area contributed by atoms with Crippen LogP contribution in [0.25, 0.3) is 0 Å². The molecule has 3 nitrogen and oxygen atoms in total. The third kappa shape index (κ3) is 4.06. The van der Waals surface area contributed by atoms with Gasteiger partial charge in [0, 0.05) is 16.3 Å². The normalized spacial score (nSPS) is 9.67. The predicted octanol–water partition coefficient (Wildman–Crippen LogP) is 3.08. The Hall–Kier alpha value is -2.35. The molecule has 0 unspecified atom stereocenters. The van der Waals surface area contributed by atoms with Gasteiger partial charge < -0.3 is 10.4 Å². The van der Waals surface area contributed by atoms with Crippen molar-refractivity contribution < 1.29 is 14.3 Å². The van der Waals surface area contributed by atoms with Crippen LogP contribution in [0.5, 0.6) is 0 Å². The van der Waals surface area contributed by atoms with Crippen molar-refractivity contribution in [2.24, 2.45) is 0 Å². The van der Waals surface area contributed by atoms with Gasteiger partial charge in [-0.1, -0.05) is 29.5 Å². The molecule has 2 aromatic carbocycles. The van der Waals surface area contributed by atoms with Gasteiger partial charge in [-0.3, -0.25) is 4.79 Å². The van der Waals surface area contributed by atoms with Gasteiger partial charge in [-0.2, -0.15) is 0 Å². The van der Waals surface area contributed by atoms with Crippen molar-refractivity contribution in [1.29, 1.82) is 0 Å². The Kier molecular flexibility index (Phi) is 4.94. The number of nitrogens with one attached hydrogen (secondary N) is 1. The number of halogens is 2. The zero-order chi connectivity index (χ0) is 15.2. The molecule has 0 fully saturated rings. The summed E-state index contributed by atoms with van der Waals surface area (Å²) in [5, 5.41) is 11.7. The molecule has 2 aromatic rings. The van der Waals surface area contributed by atoms with Crippen molar-refractivity contribution in [1.82, 2.24) is 0 Å². The smallest absolute Gasteiger partial charge is 0.255 e. The number of anilines is 1. The second-order valence-electron chi connectivity index (χ2n) is 4.12. The molecule has 0 atom stereocenters. The van der Waals surface area contributed by atoms with Crippen LogP contribution < -0.4 is 5.32 Å². The summed E-state index contributed by atoms with van der Waals surface area (Å²) in [7, 11) is 0. The minimum Gasteiger partial charge on any atom is -0.384 e. The van der Waals surface area contributed by atoms with E-state index in [4.69, 9.17) is 16.7 Å². The van der Waals surface area contributed by atoms with Crippen molar-refractivity contribution in [3.05, 3.63) is 64.4 Å². The first kappa shape index (κ1) is 15.0. The largest absolute Gasteiger partial charge is 0.384 e. The van der Waals surface area contributed by atoms with E-state index in [0.29, 0.717) is 16.3 Å². The molecule has 21 heavy (non-hydrogen) atoms. The lowest BCUT2D eigenvalue weighted by Crippen LogP contribution is -2.12. The van der Waals surface area contributed by atoms with E-state index in [9.17, 15) is 9.18 Å². The molecule has 0 aromatic heterocycles. The van der Waals surface area contributed by atoms with Crippen LogP contribution in [0.1, 0.15) is 15.9 Å². The SMILES string of the molecule is O=C(Nc1ccc(F)c(C#CCO)c1)c1cccc(Cl)c1. The van der Waals surface area contributed by atoms with Gasteiger partial charge in [-0.15, -0.1) is 0 Å². The zero-order valence-electron chi connectivity index (χ0n) is 10.9. The lowest BCUT2D eigenvalue weighted by molar-refractivity contribution is 0.102. The highest BCUT2D eigenvalue weighted by molar-refractivity contribution is 6.31. The van der Waals surface area contributed by atoms with Gasteiger partial charge in [-0.05, 0) is 36.4 Å². The molecular weight excluding hydrogens is 293 g/mol. The van der Waals surface area contributed by atoms with Gasteiger partial charge in [0.2, 0.25) is 0 Å². The number of hydrogen-bond donors (Lipinski definition) is 2. The number of rotatable bonds is 2. The van der Waals surface area contributed by atoms with E-state index >= 15 is 0 Å². The minimum absolute atomic E-state index is 0.105. The molecule has 0 radical (unpaired) electrons. The third-order valence-corrected chi connectivity index (χ3v) is 2.85. The first-order chi connectivity index (χ1) is 10.1. The molecular formula is C16H11ClFNO2. The quantitative estimate of drug-likeness (QED) is 0.838. The van der Waals surface area contributed by atoms with E-state index < -0.39 is 5.82 Å². The summed E-state index contributed by atoms with van der Waals surface area (Å²) in [6.45, 7) is -0.363. The molecule has 0 aliphatic heterocycles. The molecule has 0 spiro atoms. The fraction of sp³-hybridized carbons (Fsp3) is 0.0625. The van der Waals surface area contributed by atoms with E-state index in [1.807, 2.05) is 0 Å². The van der Waals surface area contributed by atoms with Crippen molar-refractivity contribution in [3.8, 4) is 11.8 Å². The van der Waals surface area contributed by atoms with Crippen molar-refractivity contribution >= 4 is 23.2 Å². The summed E-state index contributed by atoms with van der Waals surface area (Å²) >= 11 is 5.82. The highest BCUT2D eigenvalue weighted by Gasteiger charge is 2.08. The lowest BCUT2D eigenvalue weighted by Gasteiger charge is -2.06. The molecule has 1 amide bonds. The van der Waals surface area contributed by atoms with Gasteiger partial charge in [-0.25, -0.2) is 4.39 Å². The molecule has 0 saturated carbocycles. The number of benzene rings is 2. The molecule has 0 aliphatic carbocycles. The molecule has 0 aliphatic rings. The fourth-order valence-corrected chi connectivity index (χ4v) is 1.86. The summed E-state index contributed by atoms with van der Waals surface area (Å²) in [6, 6.07) is 10.5. The van der Waals surface area contributed by atoms with Crippen LogP contribution in [-0.4, -0.2) is 17.6 Å². The summed E-state index contributed by atoms with van der Waals surface area (Å²) in [5.74, 6) is 3.96. The monoisotopic (exact) mass is 303 g/mol. The Morgan fingerprint density at radius 2 is 2.10 bits per heavy atom. The highest BCUT2D eigenvalue weighted by atomic mass is 35.5. The van der Waals surface area contributed by atoms with Gasteiger partial charge >= 0.3 is 0 Å². The first-order valence-electron chi connectivity index (χ1n) is 6.06. The Morgan fingerprint density at radius 3 is 2.81 bits per heavy atom. The van der Waals surface area contributed by atoms with Crippen LogP contribution in [0, 0.1) is 17.7 Å². The van der Waals surface area contributed by atoms with Crippen LogP contribution in [0.15, 0.2) is 42.5 Å². The number of aliphatic hydroxyl groups excluding tert-OH is 1. The van der Waals surface area contributed by atoms with Crippen LogP contribution >= 0.6 is 11.6 Å².